The van der Waals surface area contributed by atoms with Crippen LogP contribution in [-0.2, 0) is 4.79 Å². The highest BCUT2D eigenvalue weighted by atomic mass is 35.5. The average Bonchev–Trinajstić information content (AvgIpc) is 3.26. The maximum Gasteiger partial charge on any atom is 0.263 e. The van der Waals surface area contributed by atoms with Crippen LogP contribution in [0.3, 0.4) is 0 Å². The molecule has 1 saturated heterocycles. The van der Waals surface area contributed by atoms with Gasteiger partial charge in [-0.05, 0) is 36.8 Å². The van der Waals surface area contributed by atoms with Gasteiger partial charge in [-0.3, -0.25) is 9.89 Å². The Kier molecular flexibility index (Phi) is 5.71. The summed E-state index contributed by atoms with van der Waals surface area (Å²) in [6.45, 7) is 4.53. The molecular weight excluding hydrogens is 388 g/mol. The molecule has 2 aromatic carbocycles. The molecule has 3 aromatic rings. The third-order valence-electron chi connectivity index (χ3n) is 5.04. The van der Waals surface area contributed by atoms with Crippen molar-refractivity contribution in [1.82, 2.24) is 15.1 Å². The van der Waals surface area contributed by atoms with Crippen LogP contribution < -0.4 is 9.64 Å². The minimum atomic E-state index is -0.544. The number of anilines is 1. The summed E-state index contributed by atoms with van der Waals surface area (Å²) in [5.74, 6) is 1.53. The minimum absolute atomic E-state index is 0.00778. The quantitative estimate of drug-likeness (QED) is 0.694. The van der Waals surface area contributed by atoms with Crippen LogP contribution in [-0.4, -0.2) is 53.3 Å². The molecule has 1 atom stereocenters. The summed E-state index contributed by atoms with van der Waals surface area (Å²) in [6.07, 6.45) is -0.544. The van der Waals surface area contributed by atoms with Gasteiger partial charge in [-0.15, -0.1) is 0 Å². The molecule has 1 unspecified atom stereocenters. The molecule has 1 amide bonds. The van der Waals surface area contributed by atoms with Gasteiger partial charge >= 0.3 is 0 Å². The number of carbonyl (C=O) groups excluding carboxylic acids is 1. The molecule has 1 aromatic heterocycles. The van der Waals surface area contributed by atoms with Crippen LogP contribution >= 0.6 is 11.6 Å². The zero-order valence-electron chi connectivity index (χ0n) is 16.2. The van der Waals surface area contributed by atoms with E-state index in [-0.39, 0.29) is 5.91 Å². The molecule has 7 heteroatoms. The summed E-state index contributed by atoms with van der Waals surface area (Å²) < 4.78 is 5.77. The van der Waals surface area contributed by atoms with Crippen molar-refractivity contribution in [3.63, 3.8) is 0 Å². The topological polar surface area (TPSA) is 61.5 Å². The second kappa shape index (κ2) is 8.57. The Balaban J connectivity index is 1.32. The lowest BCUT2D eigenvalue weighted by molar-refractivity contribution is -0.138. The number of aromatic nitrogens is 2. The average molecular weight is 411 g/mol. The Hall–Kier alpha value is -2.99. The number of carbonyl (C=O) groups is 1. The number of ether oxygens (including phenoxy) is 1. The predicted octanol–water partition coefficient (Wildman–Crippen LogP) is 3.85. The van der Waals surface area contributed by atoms with Crippen molar-refractivity contribution in [2.24, 2.45) is 0 Å². The lowest BCUT2D eigenvalue weighted by atomic mass is 10.1. The Morgan fingerprint density at radius 3 is 2.45 bits per heavy atom. The molecular formula is C22H23ClN4O2. The number of piperazine rings is 1. The molecule has 1 aliphatic heterocycles. The van der Waals surface area contributed by atoms with E-state index in [1.54, 1.807) is 31.2 Å². The first-order chi connectivity index (χ1) is 14.1. The van der Waals surface area contributed by atoms with E-state index >= 15 is 0 Å². The fourth-order valence-corrected chi connectivity index (χ4v) is 3.55. The molecule has 2 heterocycles. The van der Waals surface area contributed by atoms with Crippen LogP contribution in [0, 0.1) is 0 Å². The Morgan fingerprint density at radius 2 is 1.76 bits per heavy atom. The first-order valence-electron chi connectivity index (χ1n) is 9.67. The van der Waals surface area contributed by atoms with E-state index in [1.165, 1.54) is 0 Å². The number of rotatable bonds is 5. The van der Waals surface area contributed by atoms with Crippen molar-refractivity contribution in [3.8, 4) is 17.0 Å². The third-order valence-corrected chi connectivity index (χ3v) is 5.29. The van der Waals surface area contributed by atoms with Crippen LogP contribution in [0.5, 0.6) is 5.75 Å². The molecule has 4 rings (SSSR count). The summed E-state index contributed by atoms with van der Waals surface area (Å²) in [5.41, 5.74) is 2.09. The fourth-order valence-electron chi connectivity index (χ4n) is 3.42. The van der Waals surface area contributed by atoms with Crippen molar-refractivity contribution in [2.45, 2.75) is 13.0 Å². The normalized spacial score (nSPS) is 15.2. The number of benzene rings is 2. The largest absolute Gasteiger partial charge is 0.481 e. The summed E-state index contributed by atoms with van der Waals surface area (Å²) in [5, 5.41) is 8.19. The number of nitrogens with zero attached hydrogens (tertiary/aromatic N) is 3. The van der Waals surface area contributed by atoms with Gasteiger partial charge in [0, 0.05) is 37.3 Å². The molecule has 0 bridgehead atoms. The summed E-state index contributed by atoms with van der Waals surface area (Å²) >= 11 is 5.89. The van der Waals surface area contributed by atoms with Crippen molar-refractivity contribution in [1.29, 1.82) is 0 Å². The number of nitrogens with one attached hydrogen (secondary N) is 1. The van der Waals surface area contributed by atoms with Crippen molar-refractivity contribution >= 4 is 23.3 Å². The Morgan fingerprint density at radius 1 is 1.07 bits per heavy atom. The van der Waals surface area contributed by atoms with E-state index in [0.717, 1.165) is 30.2 Å². The van der Waals surface area contributed by atoms with Gasteiger partial charge in [-0.25, -0.2) is 0 Å². The van der Waals surface area contributed by atoms with Gasteiger partial charge in [0.1, 0.15) is 5.75 Å². The standard InChI is InChI=1S/C22H23ClN4O2/c1-16(29-19-9-7-18(23)8-10-19)22(28)27-13-11-26(12-14-27)21-15-20(24-25-21)17-5-3-2-4-6-17/h2-10,15-16H,11-14H2,1H3,(H,24,25). The highest BCUT2D eigenvalue weighted by Gasteiger charge is 2.27. The maximum absolute atomic E-state index is 12.7. The number of amides is 1. The molecule has 6 nitrogen and oxygen atoms in total. The second-order valence-electron chi connectivity index (χ2n) is 7.03. The minimum Gasteiger partial charge on any atom is -0.481 e. The van der Waals surface area contributed by atoms with Crippen LogP contribution in [0.15, 0.2) is 60.7 Å². The predicted molar refractivity (Wildman–Crippen MR) is 114 cm³/mol. The molecule has 0 spiro atoms. The van der Waals surface area contributed by atoms with Crippen LogP contribution in [0.1, 0.15) is 6.92 Å². The lowest BCUT2D eigenvalue weighted by Crippen LogP contribution is -2.52. The third kappa shape index (κ3) is 4.54. The van der Waals surface area contributed by atoms with E-state index in [4.69, 9.17) is 16.3 Å². The first-order valence-corrected chi connectivity index (χ1v) is 10.0. The van der Waals surface area contributed by atoms with Gasteiger partial charge in [-0.2, -0.15) is 5.10 Å². The van der Waals surface area contributed by atoms with E-state index in [9.17, 15) is 4.79 Å². The van der Waals surface area contributed by atoms with Crippen molar-refractivity contribution < 1.29 is 9.53 Å². The van der Waals surface area contributed by atoms with Gasteiger partial charge < -0.3 is 14.5 Å². The SMILES string of the molecule is CC(Oc1ccc(Cl)cc1)C(=O)N1CCN(c2cc(-c3ccccc3)[nH]n2)CC1. The molecule has 29 heavy (non-hydrogen) atoms. The van der Waals surface area contributed by atoms with E-state index in [0.29, 0.717) is 23.9 Å². The molecule has 1 aliphatic rings. The number of halogens is 1. The van der Waals surface area contributed by atoms with E-state index in [1.807, 2.05) is 23.1 Å². The number of aromatic amines is 1. The molecule has 1 N–H and O–H groups in total. The number of hydrogen-bond donors (Lipinski definition) is 1. The molecule has 0 radical (unpaired) electrons. The van der Waals surface area contributed by atoms with Crippen LogP contribution in [0.2, 0.25) is 5.02 Å². The van der Waals surface area contributed by atoms with Crippen LogP contribution in [0.25, 0.3) is 11.3 Å². The summed E-state index contributed by atoms with van der Waals surface area (Å²) in [7, 11) is 0. The van der Waals surface area contributed by atoms with Crippen LogP contribution in [0.4, 0.5) is 5.82 Å². The van der Waals surface area contributed by atoms with E-state index in [2.05, 4.69) is 33.3 Å². The monoisotopic (exact) mass is 410 g/mol. The van der Waals surface area contributed by atoms with Gasteiger partial charge in [0.25, 0.3) is 5.91 Å². The highest BCUT2D eigenvalue weighted by molar-refractivity contribution is 6.30. The molecule has 1 fully saturated rings. The van der Waals surface area contributed by atoms with Gasteiger partial charge in [0.15, 0.2) is 11.9 Å². The van der Waals surface area contributed by atoms with E-state index < -0.39 is 6.10 Å². The fraction of sp³-hybridized carbons (Fsp3) is 0.273. The van der Waals surface area contributed by atoms with Gasteiger partial charge in [-0.1, -0.05) is 41.9 Å². The zero-order valence-corrected chi connectivity index (χ0v) is 17.0. The number of H-pyrrole nitrogens is 1. The molecule has 150 valence electrons. The first kappa shape index (κ1) is 19.3. The lowest BCUT2D eigenvalue weighted by Gasteiger charge is -2.35. The number of hydrogen-bond acceptors (Lipinski definition) is 4. The van der Waals surface area contributed by atoms with Crippen molar-refractivity contribution in [2.75, 3.05) is 31.1 Å². The maximum atomic E-state index is 12.7. The smallest absolute Gasteiger partial charge is 0.263 e. The Labute approximate surface area is 175 Å². The van der Waals surface area contributed by atoms with Gasteiger partial charge in [0.05, 0.1) is 5.69 Å². The van der Waals surface area contributed by atoms with Crippen molar-refractivity contribution in [3.05, 3.63) is 65.7 Å². The second-order valence-corrected chi connectivity index (χ2v) is 7.47. The summed E-state index contributed by atoms with van der Waals surface area (Å²) in [6, 6.07) is 19.2. The zero-order chi connectivity index (χ0) is 20.2. The molecule has 0 saturated carbocycles. The highest BCUT2D eigenvalue weighted by Crippen LogP contribution is 2.23. The molecule has 0 aliphatic carbocycles. The Bertz CT molecular complexity index is 950. The van der Waals surface area contributed by atoms with Gasteiger partial charge in [0.2, 0.25) is 0 Å². The summed E-state index contributed by atoms with van der Waals surface area (Å²) in [4.78, 5) is 16.8.